The number of unbranched alkanes of at least 4 members (excludes halogenated alkanes) is 2. The molecule has 4 atom stereocenters. The van der Waals surface area contributed by atoms with Crippen LogP contribution < -0.4 is 16.0 Å². The van der Waals surface area contributed by atoms with Crippen molar-refractivity contribution in [3.05, 3.63) is 36.0 Å². The molecule has 2 aromatic rings. The van der Waals surface area contributed by atoms with Gasteiger partial charge in [0, 0.05) is 62.0 Å². The minimum absolute atomic E-state index is 0.0210. The zero-order valence-corrected chi connectivity index (χ0v) is 26.5. The van der Waals surface area contributed by atoms with Crippen molar-refractivity contribution in [1.82, 2.24) is 25.4 Å². The van der Waals surface area contributed by atoms with Crippen LogP contribution in [0.25, 0.3) is 10.9 Å². The Hall–Kier alpha value is -3.20. The standard InChI is InChI=1S/C34H51N5O4/c1-5-26(40)15-8-7-9-17-28-32(41)36-29(20-24-22-38(6-2)30-18-11-10-16-27(24)30)33(42)37-31(23(3)4)34(43)39-19-13-12-14-25(39)21-35-28/h10-11,16,18,22-23,25,28-29,31,35H,5-9,12-15,17,19-21H2,1-4H3,(H,36,41)(H,37,42)/t25-,28+,29+,31?/m1/s1. The maximum absolute atomic E-state index is 14.0. The summed E-state index contributed by atoms with van der Waals surface area (Å²) in [6.07, 6.45) is 9.43. The van der Waals surface area contributed by atoms with Crippen LogP contribution in [-0.2, 0) is 32.1 Å². The summed E-state index contributed by atoms with van der Waals surface area (Å²) in [5.41, 5.74) is 2.07. The van der Waals surface area contributed by atoms with Gasteiger partial charge in [0.1, 0.15) is 17.9 Å². The number of para-hydroxylation sites is 1. The van der Waals surface area contributed by atoms with E-state index in [4.69, 9.17) is 0 Å². The highest BCUT2D eigenvalue weighted by molar-refractivity contribution is 5.94. The van der Waals surface area contributed by atoms with E-state index in [1.807, 2.05) is 37.8 Å². The minimum atomic E-state index is -0.833. The molecule has 2 fully saturated rings. The highest BCUT2D eigenvalue weighted by Gasteiger charge is 2.37. The predicted molar refractivity (Wildman–Crippen MR) is 170 cm³/mol. The Morgan fingerprint density at radius 3 is 2.49 bits per heavy atom. The molecule has 4 rings (SSSR count). The van der Waals surface area contributed by atoms with Crippen LogP contribution in [0.2, 0.25) is 0 Å². The summed E-state index contributed by atoms with van der Waals surface area (Å²) in [5, 5.41) is 10.7. The Morgan fingerprint density at radius 1 is 0.977 bits per heavy atom. The molecule has 236 valence electrons. The maximum atomic E-state index is 14.0. The molecule has 3 N–H and O–H groups in total. The van der Waals surface area contributed by atoms with Crippen molar-refractivity contribution >= 4 is 34.4 Å². The second-order valence-electron chi connectivity index (χ2n) is 12.6. The van der Waals surface area contributed by atoms with Gasteiger partial charge < -0.3 is 25.4 Å². The number of piperidine rings is 1. The summed E-state index contributed by atoms with van der Waals surface area (Å²) in [5.74, 6) is -0.401. The number of fused-ring (bicyclic) bond motifs is 2. The van der Waals surface area contributed by atoms with Crippen molar-refractivity contribution < 1.29 is 19.2 Å². The van der Waals surface area contributed by atoms with E-state index in [9.17, 15) is 19.2 Å². The normalized spacial score (nSPS) is 23.8. The lowest BCUT2D eigenvalue weighted by Gasteiger charge is -2.40. The van der Waals surface area contributed by atoms with Gasteiger partial charge in [0.2, 0.25) is 17.7 Å². The fourth-order valence-corrected chi connectivity index (χ4v) is 6.53. The van der Waals surface area contributed by atoms with Crippen LogP contribution in [0.4, 0.5) is 0 Å². The molecule has 1 aromatic heterocycles. The lowest BCUT2D eigenvalue weighted by Crippen LogP contribution is -2.62. The number of carbonyl (C=O) groups excluding carboxylic acids is 4. The first kappa shape index (κ1) is 32.7. The van der Waals surface area contributed by atoms with Gasteiger partial charge in [-0.25, -0.2) is 0 Å². The Kier molecular flexibility index (Phi) is 11.8. The molecule has 2 aliphatic rings. The number of carbonyl (C=O) groups is 4. The zero-order valence-electron chi connectivity index (χ0n) is 26.5. The predicted octanol–water partition coefficient (Wildman–Crippen LogP) is 4.11. The highest BCUT2D eigenvalue weighted by Crippen LogP contribution is 2.24. The Balaban J connectivity index is 1.61. The molecule has 0 spiro atoms. The van der Waals surface area contributed by atoms with Crippen molar-refractivity contribution in [2.45, 2.75) is 123 Å². The van der Waals surface area contributed by atoms with Gasteiger partial charge in [-0.3, -0.25) is 19.2 Å². The average Bonchev–Trinajstić information content (AvgIpc) is 3.37. The molecule has 9 nitrogen and oxygen atoms in total. The molecule has 1 unspecified atom stereocenters. The first-order valence-electron chi connectivity index (χ1n) is 16.5. The second kappa shape index (κ2) is 15.5. The molecule has 2 aliphatic heterocycles. The number of nitrogens with zero attached hydrogens (tertiary/aromatic N) is 2. The lowest BCUT2D eigenvalue weighted by atomic mass is 9.95. The van der Waals surface area contributed by atoms with Gasteiger partial charge in [-0.05, 0) is 56.6 Å². The van der Waals surface area contributed by atoms with E-state index in [1.54, 1.807) is 0 Å². The summed E-state index contributed by atoms with van der Waals surface area (Å²) in [6.45, 7) is 9.87. The first-order valence-corrected chi connectivity index (χ1v) is 16.5. The number of hydrogen-bond donors (Lipinski definition) is 3. The van der Waals surface area contributed by atoms with Crippen molar-refractivity contribution in [3.63, 3.8) is 0 Å². The maximum Gasteiger partial charge on any atom is 0.245 e. The molecule has 1 aromatic carbocycles. The van der Waals surface area contributed by atoms with Crippen LogP contribution >= 0.6 is 0 Å². The number of aryl methyl sites for hydroxylation is 1. The van der Waals surface area contributed by atoms with Crippen LogP contribution in [0.3, 0.4) is 0 Å². The van der Waals surface area contributed by atoms with Crippen molar-refractivity contribution in [2.24, 2.45) is 5.92 Å². The number of hydrogen-bond acceptors (Lipinski definition) is 5. The number of nitrogens with one attached hydrogen (secondary N) is 3. The molecule has 0 saturated carbocycles. The van der Waals surface area contributed by atoms with E-state index in [0.717, 1.165) is 61.5 Å². The van der Waals surface area contributed by atoms with E-state index in [0.29, 0.717) is 38.8 Å². The van der Waals surface area contributed by atoms with E-state index in [1.165, 1.54) is 0 Å². The van der Waals surface area contributed by atoms with Crippen molar-refractivity contribution in [3.8, 4) is 0 Å². The third kappa shape index (κ3) is 8.25. The zero-order chi connectivity index (χ0) is 30.9. The first-order chi connectivity index (χ1) is 20.7. The van der Waals surface area contributed by atoms with Gasteiger partial charge in [0.15, 0.2) is 0 Å². The SMILES string of the molecule is CCC(=O)CCCCC[C@@H]1NC[C@H]2CCCCN2C(=O)C(C(C)C)NC(=O)[C@H](Cc2cn(CC)c3ccccc23)NC1=O. The van der Waals surface area contributed by atoms with Crippen LogP contribution in [-0.4, -0.2) is 70.2 Å². The third-order valence-corrected chi connectivity index (χ3v) is 9.17. The molecular formula is C34H51N5O4. The van der Waals surface area contributed by atoms with Gasteiger partial charge in [-0.1, -0.05) is 51.8 Å². The van der Waals surface area contributed by atoms with E-state index < -0.39 is 18.1 Å². The number of ketones is 1. The van der Waals surface area contributed by atoms with Crippen molar-refractivity contribution in [2.75, 3.05) is 13.1 Å². The van der Waals surface area contributed by atoms with Crippen LogP contribution in [0.1, 0.15) is 91.0 Å². The lowest BCUT2D eigenvalue weighted by molar-refractivity contribution is -0.142. The topological polar surface area (TPSA) is 113 Å². The Labute approximate surface area is 256 Å². The van der Waals surface area contributed by atoms with E-state index in [2.05, 4.69) is 45.8 Å². The molecule has 9 heteroatoms. The van der Waals surface area contributed by atoms with Crippen LogP contribution in [0, 0.1) is 5.92 Å². The number of rotatable bonds is 11. The molecule has 0 aliphatic carbocycles. The summed E-state index contributed by atoms with van der Waals surface area (Å²) >= 11 is 0. The van der Waals surface area contributed by atoms with Crippen LogP contribution in [0.15, 0.2) is 30.5 Å². The second-order valence-corrected chi connectivity index (χ2v) is 12.6. The van der Waals surface area contributed by atoms with Gasteiger partial charge in [-0.15, -0.1) is 0 Å². The number of aromatic nitrogens is 1. The average molecular weight is 594 g/mol. The molecule has 0 bridgehead atoms. The molecular weight excluding hydrogens is 542 g/mol. The molecule has 3 amide bonds. The summed E-state index contributed by atoms with van der Waals surface area (Å²) in [6, 6.07) is 6.10. The number of amides is 3. The Bertz CT molecular complexity index is 1270. The monoisotopic (exact) mass is 593 g/mol. The van der Waals surface area contributed by atoms with E-state index in [-0.39, 0.29) is 35.5 Å². The highest BCUT2D eigenvalue weighted by atomic mass is 16.2. The van der Waals surface area contributed by atoms with E-state index >= 15 is 0 Å². The van der Waals surface area contributed by atoms with Gasteiger partial charge >= 0.3 is 0 Å². The summed E-state index contributed by atoms with van der Waals surface area (Å²) in [4.78, 5) is 55.4. The molecule has 2 saturated heterocycles. The molecule has 0 radical (unpaired) electrons. The minimum Gasteiger partial charge on any atom is -0.347 e. The summed E-state index contributed by atoms with van der Waals surface area (Å²) in [7, 11) is 0. The quantitative estimate of drug-likeness (QED) is 0.340. The van der Waals surface area contributed by atoms with Gasteiger partial charge in [0.05, 0.1) is 6.04 Å². The fourth-order valence-electron chi connectivity index (χ4n) is 6.53. The fraction of sp³-hybridized carbons (Fsp3) is 0.647. The smallest absolute Gasteiger partial charge is 0.245 e. The number of Topliss-reactive ketones (excluding diaryl/α,β-unsaturated/α-hetero) is 1. The molecule has 43 heavy (non-hydrogen) atoms. The van der Waals surface area contributed by atoms with Crippen molar-refractivity contribution in [1.29, 1.82) is 0 Å². The van der Waals surface area contributed by atoms with Gasteiger partial charge in [0.25, 0.3) is 0 Å². The summed E-state index contributed by atoms with van der Waals surface area (Å²) < 4.78 is 2.16. The third-order valence-electron chi connectivity index (χ3n) is 9.17. The Morgan fingerprint density at radius 2 is 1.74 bits per heavy atom. The number of benzene rings is 1. The molecule has 3 heterocycles. The largest absolute Gasteiger partial charge is 0.347 e. The van der Waals surface area contributed by atoms with Crippen LogP contribution in [0.5, 0.6) is 0 Å². The van der Waals surface area contributed by atoms with Gasteiger partial charge in [-0.2, -0.15) is 0 Å².